The van der Waals surface area contributed by atoms with Crippen LogP contribution in [0.2, 0.25) is 0 Å². The zero-order valence-corrected chi connectivity index (χ0v) is 19.1. The fraction of sp³-hybridized carbons (Fsp3) is 0.333. The Morgan fingerprint density at radius 2 is 1.63 bits per heavy atom. The number of halogens is 2. The van der Waals surface area contributed by atoms with E-state index in [1.54, 1.807) is 30.3 Å². The molecule has 1 fully saturated rings. The molecule has 0 saturated heterocycles. The van der Waals surface area contributed by atoms with Gasteiger partial charge in [-0.05, 0) is 61.4 Å². The first kappa shape index (κ1) is 24.8. The van der Waals surface area contributed by atoms with Gasteiger partial charge in [0.25, 0.3) is 0 Å². The Balaban J connectivity index is 1.70. The molecule has 35 heavy (non-hydrogen) atoms. The van der Waals surface area contributed by atoms with Gasteiger partial charge in [0.2, 0.25) is 0 Å². The fourth-order valence-electron chi connectivity index (χ4n) is 4.31. The van der Waals surface area contributed by atoms with Crippen molar-refractivity contribution >= 4 is 5.97 Å². The van der Waals surface area contributed by atoms with E-state index in [-0.39, 0.29) is 24.0 Å². The number of carbonyl (C=O) groups is 1. The maximum atomic E-state index is 13.7. The van der Waals surface area contributed by atoms with Gasteiger partial charge in [0.05, 0.1) is 30.0 Å². The predicted octanol–water partition coefficient (Wildman–Crippen LogP) is 4.91. The summed E-state index contributed by atoms with van der Waals surface area (Å²) in [5.74, 6) is -0.698. The van der Waals surface area contributed by atoms with Gasteiger partial charge in [-0.3, -0.25) is 4.79 Å². The summed E-state index contributed by atoms with van der Waals surface area (Å²) in [6, 6.07) is 12.2. The van der Waals surface area contributed by atoms with Crippen molar-refractivity contribution in [2.75, 3.05) is 0 Å². The van der Waals surface area contributed by atoms with Crippen molar-refractivity contribution in [3.8, 4) is 22.5 Å². The lowest BCUT2D eigenvalue weighted by molar-refractivity contribution is -0.139. The number of imidazole rings is 1. The summed E-state index contributed by atoms with van der Waals surface area (Å²) in [5, 5.41) is 28.8. The molecule has 0 bridgehead atoms. The third kappa shape index (κ3) is 6.01. The van der Waals surface area contributed by atoms with Crippen LogP contribution in [0.15, 0.2) is 60.7 Å². The van der Waals surface area contributed by atoms with Gasteiger partial charge >= 0.3 is 5.97 Å². The molecule has 1 aliphatic rings. The average molecular weight is 483 g/mol. The Bertz CT molecular complexity index is 1190. The summed E-state index contributed by atoms with van der Waals surface area (Å²) in [6.45, 7) is 0.360. The quantitative estimate of drug-likeness (QED) is 0.357. The number of carboxylic acid groups (broad SMARTS) is 1. The van der Waals surface area contributed by atoms with Crippen LogP contribution in [0.1, 0.15) is 43.8 Å². The minimum Gasteiger partial charge on any atom is -0.481 e. The van der Waals surface area contributed by atoms with E-state index in [0.717, 1.165) is 41.9 Å². The Kier molecular flexibility index (Phi) is 7.73. The highest BCUT2D eigenvalue weighted by Gasteiger charge is 2.28. The SMILES string of the molecule is O=C(O)CC(O)CC(O)C=CCn1c(C2CCC2)nc(-c2ccc(F)cc2)c1-c1ccc(F)cc1. The molecular weight excluding hydrogens is 454 g/mol. The Hall–Kier alpha value is -3.36. The Labute approximate surface area is 202 Å². The van der Waals surface area contributed by atoms with Crippen LogP contribution in [-0.2, 0) is 11.3 Å². The van der Waals surface area contributed by atoms with E-state index in [1.807, 2.05) is 4.57 Å². The number of allylic oxidation sites excluding steroid dienone is 1. The molecule has 0 amide bonds. The standard InChI is InChI=1S/C27H28F2N2O4/c28-20-10-6-17(7-11-20)25-26(18-8-12-21(29)13-9-18)31(27(30-25)19-3-1-4-19)14-2-5-22(32)15-23(33)16-24(34)35/h2,5-13,19,22-23,32-33H,1,3-4,14-16H2,(H,34,35). The highest BCUT2D eigenvalue weighted by molar-refractivity contribution is 5.79. The third-order valence-electron chi connectivity index (χ3n) is 6.27. The van der Waals surface area contributed by atoms with Crippen molar-refractivity contribution in [1.82, 2.24) is 9.55 Å². The Morgan fingerprint density at radius 3 is 2.17 bits per heavy atom. The molecular formula is C27H28F2N2O4. The molecule has 3 N–H and O–H groups in total. The summed E-state index contributed by atoms with van der Waals surface area (Å²) < 4.78 is 29.3. The van der Waals surface area contributed by atoms with Crippen LogP contribution in [0.3, 0.4) is 0 Å². The molecule has 4 rings (SSSR count). The molecule has 3 aromatic rings. The third-order valence-corrected chi connectivity index (χ3v) is 6.27. The van der Waals surface area contributed by atoms with Crippen molar-refractivity contribution in [3.05, 3.63) is 78.1 Å². The maximum absolute atomic E-state index is 13.7. The van der Waals surface area contributed by atoms with E-state index < -0.39 is 24.6 Å². The lowest BCUT2D eigenvalue weighted by Crippen LogP contribution is -2.19. The molecule has 2 unspecified atom stereocenters. The summed E-state index contributed by atoms with van der Waals surface area (Å²) in [6.07, 6.45) is 3.70. The molecule has 0 spiro atoms. The van der Waals surface area contributed by atoms with E-state index in [4.69, 9.17) is 10.1 Å². The van der Waals surface area contributed by atoms with Gasteiger partial charge < -0.3 is 19.9 Å². The second-order valence-electron chi connectivity index (χ2n) is 8.90. The van der Waals surface area contributed by atoms with Crippen molar-refractivity contribution in [2.45, 2.75) is 56.8 Å². The number of rotatable bonds is 10. The number of aliphatic hydroxyl groups excluding tert-OH is 2. The summed E-state index contributed by atoms with van der Waals surface area (Å²) in [4.78, 5) is 15.7. The van der Waals surface area contributed by atoms with Gasteiger partial charge in [-0.1, -0.05) is 18.6 Å². The van der Waals surface area contributed by atoms with Gasteiger partial charge in [0, 0.05) is 30.0 Å². The van der Waals surface area contributed by atoms with Gasteiger partial charge in [-0.15, -0.1) is 0 Å². The van der Waals surface area contributed by atoms with Crippen LogP contribution >= 0.6 is 0 Å². The van der Waals surface area contributed by atoms with E-state index >= 15 is 0 Å². The lowest BCUT2D eigenvalue weighted by Gasteiger charge is -2.26. The summed E-state index contributed by atoms with van der Waals surface area (Å²) in [5.41, 5.74) is 2.94. The molecule has 6 nitrogen and oxygen atoms in total. The van der Waals surface area contributed by atoms with Crippen molar-refractivity contribution < 1.29 is 28.9 Å². The number of carboxylic acids is 1. The average Bonchev–Trinajstić information content (AvgIpc) is 3.11. The van der Waals surface area contributed by atoms with Crippen LogP contribution in [0.4, 0.5) is 8.78 Å². The van der Waals surface area contributed by atoms with Crippen LogP contribution in [0.5, 0.6) is 0 Å². The first-order chi connectivity index (χ1) is 16.8. The number of aliphatic hydroxyl groups is 2. The number of aliphatic carboxylic acids is 1. The predicted molar refractivity (Wildman–Crippen MR) is 128 cm³/mol. The second-order valence-corrected chi connectivity index (χ2v) is 8.90. The lowest BCUT2D eigenvalue weighted by atomic mass is 9.85. The number of aromatic nitrogens is 2. The molecule has 0 radical (unpaired) electrons. The second kappa shape index (κ2) is 10.9. The maximum Gasteiger partial charge on any atom is 0.305 e. The monoisotopic (exact) mass is 482 g/mol. The molecule has 2 atom stereocenters. The number of nitrogens with zero attached hydrogens (tertiary/aromatic N) is 2. The zero-order valence-electron chi connectivity index (χ0n) is 19.1. The van der Waals surface area contributed by atoms with E-state index in [2.05, 4.69) is 0 Å². The van der Waals surface area contributed by atoms with Crippen LogP contribution in [-0.4, -0.2) is 43.0 Å². The van der Waals surface area contributed by atoms with E-state index in [9.17, 15) is 23.8 Å². The fourth-order valence-corrected chi connectivity index (χ4v) is 4.31. The minimum atomic E-state index is -1.15. The minimum absolute atomic E-state index is 0.0894. The van der Waals surface area contributed by atoms with Crippen molar-refractivity contribution in [1.29, 1.82) is 0 Å². The van der Waals surface area contributed by atoms with Crippen LogP contribution in [0.25, 0.3) is 22.5 Å². The molecule has 184 valence electrons. The highest BCUT2D eigenvalue weighted by Crippen LogP contribution is 2.41. The van der Waals surface area contributed by atoms with E-state index in [1.165, 1.54) is 30.3 Å². The number of hydrogen-bond donors (Lipinski definition) is 3. The normalized spacial score (nSPS) is 15.8. The first-order valence-electron chi connectivity index (χ1n) is 11.7. The molecule has 1 saturated carbocycles. The topological polar surface area (TPSA) is 95.6 Å². The zero-order chi connectivity index (χ0) is 24.9. The van der Waals surface area contributed by atoms with Crippen LogP contribution in [0, 0.1) is 11.6 Å². The summed E-state index contributed by atoms with van der Waals surface area (Å²) in [7, 11) is 0. The van der Waals surface area contributed by atoms with Crippen molar-refractivity contribution in [2.24, 2.45) is 0 Å². The number of benzene rings is 2. The molecule has 8 heteroatoms. The van der Waals surface area contributed by atoms with Gasteiger partial charge in [0.15, 0.2) is 0 Å². The van der Waals surface area contributed by atoms with Crippen LogP contribution < -0.4 is 0 Å². The summed E-state index contributed by atoms with van der Waals surface area (Å²) >= 11 is 0. The molecule has 2 aromatic carbocycles. The Morgan fingerprint density at radius 1 is 1.03 bits per heavy atom. The van der Waals surface area contributed by atoms with E-state index in [0.29, 0.717) is 12.2 Å². The molecule has 1 aromatic heterocycles. The number of hydrogen-bond acceptors (Lipinski definition) is 4. The first-order valence-corrected chi connectivity index (χ1v) is 11.7. The highest BCUT2D eigenvalue weighted by atomic mass is 19.1. The largest absolute Gasteiger partial charge is 0.481 e. The molecule has 0 aliphatic heterocycles. The van der Waals surface area contributed by atoms with Gasteiger partial charge in [-0.25, -0.2) is 13.8 Å². The van der Waals surface area contributed by atoms with Gasteiger partial charge in [-0.2, -0.15) is 0 Å². The van der Waals surface area contributed by atoms with Crippen molar-refractivity contribution in [3.63, 3.8) is 0 Å². The molecule has 1 aliphatic carbocycles. The van der Waals surface area contributed by atoms with Gasteiger partial charge in [0.1, 0.15) is 17.5 Å². The smallest absolute Gasteiger partial charge is 0.305 e. The molecule has 1 heterocycles.